The fourth-order valence-electron chi connectivity index (χ4n) is 3.20. The molecule has 2 aliphatic rings. The largest absolute Gasteiger partial charge is 0.394 e. The van der Waals surface area contributed by atoms with Crippen LogP contribution in [0.1, 0.15) is 28.5 Å². The van der Waals surface area contributed by atoms with Gasteiger partial charge in [0.15, 0.2) is 0 Å². The number of hydrogen-bond donors (Lipinski definition) is 2. The van der Waals surface area contributed by atoms with Crippen LogP contribution in [0, 0.1) is 0 Å². The van der Waals surface area contributed by atoms with Crippen LogP contribution >= 0.6 is 0 Å². The van der Waals surface area contributed by atoms with Gasteiger partial charge in [0.05, 0.1) is 44.1 Å². The van der Waals surface area contributed by atoms with E-state index in [1.807, 2.05) is 20.0 Å². The van der Waals surface area contributed by atoms with E-state index in [9.17, 15) is 9.90 Å². The highest BCUT2D eigenvalue weighted by Crippen LogP contribution is 2.22. The molecule has 24 heavy (non-hydrogen) atoms. The molecule has 1 aromatic rings. The Bertz CT molecular complexity index is 609. The average molecular weight is 335 g/mol. The van der Waals surface area contributed by atoms with Crippen molar-refractivity contribution in [1.29, 1.82) is 0 Å². The highest BCUT2D eigenvalue weighted by molar-refractivity contribution is 5.94. The lowest BCUT2D eigenvalue weighted by atomic mass is 9.96. The van der Waals surface area contributed by atoms with E-state index >= 15 is 0 Å². The molecule has 3 rings (SSSR count). The molecule has 1 fully saturated rings. The number of nitrogens with zero attached hydrogens (tertiary/aromatic N) is 2. The van der Waals surface area contributed by atoms with Crippen molar-refractivity contribution in [3.05, 3.63) is 29.1 Å². The molecule has 0 saturated carbocycles. The van der Waals surface area contributed by atoms with Crippen LogP contribution in [0.3, 0.4) is 0 Å². The van der Waals surface area contributed by atoms with Gasteiger partial charge in [0.25, 0.3) is 5.91 Å². The van der Waals surface area contributed by atoms with Crippen molar-refractivity contribution in [3.63, 3.8) is 0 Å². The third-order valence-corrected chi connectivity index (χ3v) is 5.07. The van der Waals surface area contributed by atoms with Crippen LogP contribution < -0.4 is 5.32 Å². The summed E-state index contributed by atoms with van der Waals surface area (Å²) in [7, 11) is 1.95. The number of rotatable bonds is 4. The Hall–Kier alpha value is -1.54. The molecular weight excluding hydrogens is 310 g/mol. The van der Waals surface area contributed by atoms with Gasteiger partial charge in [-0.05, 0) is 20.0 Å². The van der Waals surface area contributed by atoms with E-state index in [-0.39, 0.29) is 18.6 Å². The van der Waals surface area contributed by atoms with Gasteiger partial charge in [-0.1, -0.05) is 0 Å². The molecule has 0 spiro atoms. The number of amides is 1. The molecule has 132 valence electrons. The topological polar surface area (TPSA) is 83.9 Å². The minimum absolute atomic E-state index is 0.0790. The first-order chi connectivity index (χ1) is 11.6. The lowest BCUT2D eigenvalue weighted by Gasteiger charge is -2.47. The molecule has 0 aliphatic carbocycles. The van der Waals surface area contributed by atoms with Crippen molar-refractivity contribution in [1.82, 2.24) is 15.2 Å². The predicted molar refractivity (Wildman–Crippen MR) is 87.8 cm³/mol. The maximum atomic E-state index is 12.5. The Morgan fingerprint density at radius 1 is 1.54 bits per heavy atom. The van der Waals surface area contributed by atoms with Gasteiger partial charge in [-0.2, -0.15) is 0 Å². The van der Waals surface area contributed by atoms with Crippen LogP contribution in [0.25, 0.3) is 0 Å². The molecule has 7 heteroatoms. The van der Waals surface area contributed by atoms with Crippen molar-refractivity contribution < 1.29 is 19.4 Å². The Balaban J connectivity index is 1.68. The van der Waals surface area contributed by atoms with Crippen LogP contribution in [-0.2, 0) is 22.5 Å². The van der Waals surface area contributed by atoms with Gasteiger partial charge in [0.2, 0.25) is 0 Å². The monoisotopic (exact) mass is 335 g/mol. The quantitative estimate of drug-likeness (QED) is 0.804. The van der Waals surface area contributed by atoms with Gasteiger partial charge in [-0.3, -0.25) is 14.7 Å². The van der Waals surface area contributed by atoms with Crippen LogP contribution in [-0.4, -0.2) is 72.5 Å². The highest BCUT2D eigenvalue weighted by atomic mass is 16.5. The smallest absolute Gasteiger partial charge is 0.252 e. The number of carbonyl (C=O) groups is 1. The minimum atomic E-state index is -0.599. The Kier molecular flexibility index (Phi) is 5.15. The summed E-state index contributed by atoms with van der Waals surface area (Å²) >= 11 is 0. The fraction of sp³-hybridized carbons (Fsp3) is 0.647. The zero-order valence-corrected chi connectivity index (χ0v) is 14.2. The van der Waals surface area contributed by atoms with Crippen LogP contribution in [0.4, 0.5) is 0 Å². The Morgan fingerprint density at radius 3 is 3.17 bits per heavy atom. The molecule has 0 aromatic carbocycles. The zero-order chi connectivity index (χ0) is 17.2. The molecule has 2 aliphatic heterocycles. The molecule has 0 unspecified atom stereocenters. The first kappa shape index (κ1) is 17.3. The van der Waals surface area contributed by atoms with Crippen LogP contribution in [0.2, 0.25) is 0 Å². The first-order valence-electron chi connectivity index (χ1n) is 8.31. The molecule has 3 heterocycles. The van der Waals surface area contributed by atoms with Crippen molar-refractivity contribution in [2.45, 2.75) is 31.5 Å². The number of aromatic nitrogens is 1. The Labute approximate surface area is 142 Å². The number of nitrogens with one attached hydrogen (secondary N) is 1. The summed E-state index contributed by atoms with van der Waals surface area (Å²) in [6, 6.07) is 2.02. The second-order valence-electron chi connectivity index (χ2n) is 6.67. The number of aliphatic hydroxyl groups excluding tert-OH is 1. The number of morpholine rings is 1. The molecule has 1 aromatic heterocycles. The fourth-order valence-corrected chi connectivity index (χ4v) is 3.20. The number of carbonyl (C=O) groups excluding carboxylic acids is 1. The summed E-state index contributed by atoms with van der Waals surface area (Å²) in [6.07, 6.45) is 2.39. The summed E-state index contributed by atoms with van der Waals surface area (Å²) in [4.78, 5) is 18.9. The molecule has 1 saturated heterocycles. The molecule has 1 amide bonds. The molecule has 7 nitrogen and oxygen atoms in total. The lowest BCUT2D eigenvalue weighted by Crippen LogP contribution is -2.65. The Morgan fingerprint density at radius 2 is 2.38 bits per heavy atom. The number of aliphatic hydroxyl groups is 1. The van der Waals surface area contributed by atoms with Gasteiger partial charge in [0.1, 0.15) is 0 Å². The van der Waals surface area contributed by atoms with Crippen molar-refractivity contribution >= 4 is 5.91 Å². The molecular formula is C17H25N3O4. The van der Waals surface area contributed by atoms with Crippen LogP contribution in [0.15, 0.2) is 12.3 Å². The second-order valence-corrected chi connectivity index (χ2v) is 6.67. The van der Waals surface area contributed by atoms with E-state index < -0.39 is 5.54 Å². The average Bonchev–Trinajstić information content (AvgIpc) is 2.62. The van der Waals surface area contributed by atoms with E-state index in [1.165, 1.54) is 0 Å². The van der Waals surface area contributed by atoms with Gasteiger partial charge < -0.3 is 19.9 Å². The standard InChI is InChI=1S/C17H25N3O4/c1-12-7-24-11-17(10-21,20(12)2)9-19-16(22)13-5-14-8-23-4-3-15(14)18-6-13/h5-6,12,21H,3-4,7-11H2,1-2H3,(H,19,22)/t12-,17+/m1/s1. The summed E-state index contributed by atoms with van der Waals surface area (Å²) < 4.78 is 11.0. The summed E-state index contributed by atoms with van der Waals surface area (Å²) in [6.45, 7) is 4.47. The zero-order valence-electron chi connectivity index (χ0n) is 14.2. The van der Waals surface area contributed by atoms with Gasteiger partial charge in [-0.15, -0.1) is 0 Å². The van der Waals surface area contributed by atoms with E-state index in [0.29, 0.717) is 38.5 Å². The molecule has 0 radical (unpaired) electrons. The maximum absolute atomic E-state index is 12.5. The van der Waals surface area contributed by atoms with Crippen LogP contribution in [0.5, 0.6) is 0 Å². The number of hydrogen-bond acceptors (Lipinski definition) is 6. The minimum Gasteiger partial charge on any atom is -0.394 e. The number of ether oxygens (including phenoxy) is 2. The summed E-state index contributed by atoms with van der Waals surface area (Å²) in [5, 5.41) is 12.8. The number of fused-ring (bicyclic) bond motifs is 1. The molecule has 0 bridgehead atoms. The number of likely N-dealkylation sites (N-methyl/N-ethyl adjacent to an activating group) is 1. The summed E-state index contributed by atoms with van der Waals surface area (Å²) in [5.74, 6) is -0.199. The van der Waals surface area contributed by atoms with Crippen molar-refractivity contribution in [2.75, 3.05) is 40.0 Å². The van der Waals surface area contributed by atoms with Gasteiger partial charge in [-0.25, -0.2) is 0 Å². The summed E-state index contributed by atoms with van der Waals surface area (Å²) in [5.41, 5.74) is 1.88. The van der Waals surface area contributed by atoms with Gasteiger partial charge >= 0.3 is 0 Å². The third-order valence-electron chi connectivity index (χ3n) is 5.07. The van der Waals surface area contributed by atoms with Crippen molar-refractivity contribution in [3.8, 4) is 0 Å². The van der Waals surface area contributed by atoms with E-state index in [4.69, 9.17) is 9.47 Å². The van der Waals surface area contributed by atoms with Crippen molar-refractivity contribution in [2.24, 2.45) is 0 Å². The third kappa shape index (κ3) is 3.30. The van der Waals surface area contributed by atoms with E-state index in [0.717, 1.165) is 17.7 Å². The lowest BCUT2D eigenvalue weighted by molar-refractivity contribution is -0.105. The van der Waals surface area contributed by atoms with Gasteiger partial charge in [0, 0.05) is 36.5 Å². The second kappa shape index (κ2) is 7.14. The maximum Gasteiger partial charge on any atom is 0.252 e. The SMILES string of the molecule is C[C@@H]1COC[C@@](CO)(CNC(=O)c2cnc3c(c2)COCC3)N1C. The van der Waals surface area contributed by atoms with E-state index in [2.05, 4.69) is 15.2 Å². The first-order valence-corrected chi connectivity index (χ1v) is 8.31. The normalized spacial score (nSPS) is 27.5. The number of pyridine rings is 1. The van der Waals surface area contributed by atoms with E-state index in [1.54, 1.807) is 6.20 Å². The highest BCUT2D eigenvalue weighted by Gasteiger charge is 2.40. The molecule has 2 N–H and O–H groups in total. The predicted octanol–water partition coefficient (Wildman–Crippen LogP) is -0.0343. The molecule has 2 atom stereocenters.